The Morgan fingerprint density at radius 2 is 1.95 bits per heavy atom. The van der Waals surface area contributed by atoms with Crippen LogP contribution in [0.5, 0.6) is 0 Å². The Morgan fingerprint density at radius 3 is 2.57 bits per heavy atom. The zero-order chi connectivity index (χ0) is 14.7. The Labute approximate surface area is 133 Å². The van der Waals surface area contributed by atoms with Crippen LogP contribution in [0.3, 0.4) is 0 Å². The lowest BCUT2D eigenvalue weighted by Gasteiger charge is -2.36. The predicted octanol–water partition coefficient (Wildman–Crippen LogP) is 3.12. The first-order valence-electron chi connectivity index (χ1n) is 8.25. The molecule has 1 saturated heterocycles. The van der Waals surface area contributed by atoms with E-state index in [1.54, 1.807) is 0 Å². The third-order valence-corrected chi connectivity index (χ3v) is 4.82. The smallest absolute Gasteiger partial charge is 0.0471 e. The molecule has 0 radical (unpaired) electrons. The first-order valence-corrected chi connectivity index (χ1v) is 8.63. The van der Waals surface area contributed by atoms with E-state index in [9.17, 15) is 0 Å². The highest BCUT2D eigenvalue weighted by Gasteiger charge is 2.21. The Morgan fingerprint density at radius 1 is 1.19 bits per heavy atom. The molecule has 2 aliphatic rings. The van der Waals surface area contributed by atoms with Gasteiger partial charge in [0.1, 0.15) is 0 Å². The first-order chi connectivity index (χ1) is 10.3. The van der Waals surface area contributed by atoms with Crippen LogP contribution in [0, 0.1) is 0 Å². The van der Waals surface area contributed by atoms with E-state index >= 15 is 0 Å². The van der Waals surface area contributed by atoms with Crippen molar-refractivity contribution in [3.05, 3.63) is 28.8 Å². The summed E-state index contributed by atoms with van der Waals surface area (Å²) in [6, 6.07) is 7.28. The molecule has 21 heavy (non-hydrogen) atoms. The summed E-state index contributed by atoms with van der Waals surface area (Å²) in [7, 11) is 0. The highest BCUT2D eigenvalue weighted by Crippen LogP contribution is 2.26. The lowest BCUT2D eigenvalue weighted by atomic mass is 10.1. The maximum absolute atomic E-state index is 6.45. The van der Waals surface area contributed by atoms with Crippen molar-refractivity contribution < 1.29 is 0 Å². The van der Waals surface area contributed by atoms with Crippen LogP contribution in [0.4, 0.5) is 5.69 Å². The molecule has 1 aliphatic carbocycles. The third kappa shape index (κ3) is 4.12. The molecule has 2 fully saturated rings. The molecule has 3 rings (SSSR count). The minimum atomic E-state index is 0.729. The van der Waals surface area contributed by atoms with Crippen molar-refractivity contribution in [1.82, 2.24) is 10.2 Å². The van der Waals surface area contributed by atoms with Crippen LogP contribution in [-0.2, 0) is 6.54 Å². The van der Waals surface area contributed by atoms with Gasteiger partial charge in [-0.3, -0.25) is 4.90 Å². The van der Waals surface area contributed by atoms with Gasteiger partial charge in [0.25, 0.3) is 0 Å². The Bertz CT molecular complexity index is 465. The molecule has 0 spiro atoms. The predicted molar refractivity (Wildman–Crippen MR) is 90.3 cm³/mol. The largest absolute Gasteiger partial charge is 0.369 e. The number of hydrogen-bond acceptors (Lipinski definition) is 3. The molecular weight excluding hydrogens is 282 g/mol. The summed E-state index contributed by atoms with van der Waals surface area (Å²) < 4.78 is 0. The molecule has 4 heteroatoms. The third-order valence-electron chi connectivity index (χ3n) is 4.47. The SMILES string of the molecule is CCCN1CCN(c2ccc(CNC3CC3)c(Cl)c2)CC1. The van der Waals surface area contributed by atoms with Crippen LogP contribution in [0.15, 0.2) is 18.2 Å². The fourth-order valence-electron chi connectivity index (χ4n) is 2.96. The van der Waals surface area contributed by atoms with Crippen molar-refractivity contribution in [2.75, 3.05) is 37.6 Å². The number of nitrogens with one attached hydrogen (secondary N) is 1. The molecule has 1 aliphatic heterocycles. The average Bonchev–Trinajstić information content (AvgIpc) is 3.31. The lowest BCUT2D eigenvalue weighted by Crippen LogP contribution is -2.46. The Balaban J connectivity index is 1.57. The number of anilines is 1. The molecule has 0 aromatic heterocycles. The minimum absolute atomic E-state index is 0.729. The van der Waals surface area contributed by atoms with Gasteiger partial charge in [0.2, 0.25) is 0 Å². The molecule has 0 bridgehead atoms. The van der Waals surface area contributed by atoms with Crippen LogP contribution in [-0.4, -0.2) is 43.7 Å². The van der Waals surface area contributed by atoms with Crippen molar-refractivity contribution >= 4 is 17.3 Å². The van der Waals surface area contributed by atoms with Crippen molar-refractivity contribution in [1.29, 1.82) is 0 Å². The van der Waals surface area contributed by atoms with Gasteiger partial charge in [-0.1, -0.05) is 24.6 Å². The second-order valence-corrected chi connectivity index (χ2v) is 6.67. The lowest BCUT2D eigenvalue weighted by molar-refractivity contribution is 0.258. The van der Waals surface area contributed by atoms with Crippen LogP contribution in [0.2, 0.25) is 5.02 Å². The van der Waals surface area contributed by atoms with E-state index in [4.69, 9.17) is 11.6 Å². The maximum atomic E-state index is 6.45. The maximum Gasteiger partial charge on any atom is 0.0471 e. The van der Waals surface area contributed by atoms with E-state index in [0.29, 0.717) is 0 Å². The van der Waals surface area contributed by atoms with Crippen LogP contribution >= 0.6 is 11.6 Å². The summed E-state index contributed by atoms with van der Waals surface area (Å²) in [4.78, 5) is 5.00. The van der Waals surface area contributed by atoms with Gasteiger partial charge in [-0.2, -0.15) is 0 Å². The molecule has 1 aromatic carbocycles. The summed E-state index contributed by atoms with van der Waals surface area (Å²) in [5.41, 5.74) is 2.49. The summed E-state index contributed by atoms with van der Waals surface area (Å²) in [6.07, 6.45) is 3.88. The van der Waals surface area contributed by atoms with E-state index in [-0.39, 0.29) is 0 Å². The summed E-state index contributed by atoms with van der Waals surface area (Å²) in [5.74, 6) is 0. The first kappa shape index (κ1) is 15.1. The summed E-state index contributed by atoms with van der Waals surface area (Å²) in [5, 5.41) is 4.43. The highest BCUT2D eigenvalue weighted by atomic mass is 35.5. The monoisotopic (exact) mass is 307 g/mol. The molecule has 3 nitrogen and oxygen atoms in total. The van der Waals surface area contributed by atoms with Gasteiger partial charge in [-0.25, -0.2) is 0 Å². The Kier molecular flexibility index (Phi) is 5.04. The molecule has 1 N–H and O–H groups in total. The second-order valence-electron chi connectivity index (χ2n) is 6.26. The van der Waals surface area contributed by atoms with E-state index < -0.39 is 0 Å². The van der Waals surface area contributed by atoms with Gasteiger partial charge in [0.15, 0.2) is 0 Å². The van der Waals surface area contributed by atoms with Gasteiger partial charge in [-0.05, 0) is 43.5 Å². The van der Waals surface area contributed by atoms with E-state index in [1.807, 2.05) is 0 Å². The van der Waals surface area contributed by atoms with Gasteiger partial charge in [-0.15, -0.1) is 0 Å². The quantitative estimate of drug-likeness (QED) is 0.871. The van der Waals surface area contributed by atoms with Crippen LogP contribution < -0.4 is 10.2 Å². The van der Waals surface area contributed by atoms with Crippen molar-refractivity contribution in [2.45, 2.75) is 38.8 Å². The molecule has 1 aromatic rings. The number of piperazine rings is 1. The topological polar surface area (TPSA) is 18.5 Å². The Hall–Kier alpha value is -0.770. The zero-order valence-electron chi connectivity index (χ0n) is 12.9. The number of nitrogens with zero attached hydrogens (tertiary/aromatic N) is 2. The molecule has 1 saturated carbocycles. The number of halogens is 1. The van der Waals surface area contributed by atoms with Gasteiger partial charge >= 0.3 is 0 Å². The van der Waals surface area contributed by atoms with E-state index in [2.05, 4.69) is 40.2 Å². The fraction of sp³-hybridized carbons (Fsp3) is 0.647. The second kappa shape index (κ2) is 6.99. The minimum Gasteiger partial charge on any atom is -0.369 e. The fourth-order valence-corrected chi connectivity index (χ4v) is 3.21. The van der Waals surface area contributed by atoms with Crippen molar-refractivity contribution in [2.24, 2.45) is 0 Å². The van der Waals surface area contributed by atoms with Crippen LogP contribution in [0.25, 0.3) is 0 Å². The number of rotatable bonds is 6. The summed E-state index contributed by atoms with van der Waals surface area (Å²) in [6.45, 7) is 8.91. The molecule has 0 amide bonds. The number of hydrogen-bond donors (Lipinski definition) is 1. The van der Waals surface area contributed by atoms with Gasteiger partial charge < -0.3 is 10.2 Å². The zero-order valence-corrected chi connectivity index (χ0v) is 13.7. The molecule has 116 valence electrons. The molecule has 1 heterocycles. The normalized spacial score (nSPS) is 20.0. The van der Waals surface area contributed by atoms with Crippen molar-refractivity contribution in [3.8, 4) is 0 Å². The highest BCUT2D eigenvalue weighted by molar-refractivity contribution is 6.31. The molecule has 0 atom stereocenters. The summed E-state index contributed by atoms with van der Waals surface area (Å²) >= 11 is 6.45. The standard InChI is InChI=1S/C17H26ClN3/c1-2-7-20-8-10-21(11-9-20)16-6-3-14(17(18)12-16)13-19-15-4-5-15/h3,6,12,15,19H,2,4-5,7-11,13H2,1H3. The van der Waals surface area contributed by atoms with Gasteiger partial charge in [0.05, 0.1) is 0 Å². The molecular formula is C17H26ClN3. The van der Waals surface area contributed by atoms with Crippen molar-refractivity contribution in [3.63, 3.8) is 0 Å². The van der Waals surface area contributed by atoms with E-state index in [1.165, 1.54) is 37.1 Å². The number of benzene rings is 1. The molecule has 0 unspecified atom stereocenters. The van der Waals surface area contributed by atoms with Gasteiger partial charge in [0, 0.05) is 49.5 Å². The van der Waals surface area contributed by atoms with E-state index in [0.717, 1.165) is 43.8 Å². The van der Waals surface area contributed by atoms with Crippen LogP contribution in [0.1, 0.15) is 31.7 Å². The average molecular weight is 308 g/mol.